The van der Waals surface area contributed by atoms with Gasteiger partial charge in [-0.1, -0.05) is 17.3 Å². The van der Waals surface area contributed by atoms with E-state index in [4.69, 9.17) is 4.74 Å². The van der Waals surface area contributed by atoms with Crippen LogP contribution in [0.5, 0.6) is 5.88 Å². The van der Waals surface area contributed by atoms with Crippen molar-refractivity contribution in [2.45, 2.75) is 26.0 Å². The highest BCUT2D eigenvalue weighted by atomic mass is 19.3. The van der Waals surface area contributed by atoms with Crippen molar-refractivity contribution in [1.29, 1.82) is 0 Å². The second-order valence-electron chi connectivity index (χ2n) is 8.96. The predicted octanol–water partition coefficient (Wildman–Crippen LogP) is 2.92. The quantitative estimate of drug-likeness (QED) is 0.411. The molecule has 5 heterocycles. The molecule has 2 aliphatic heterocycles. The maximum atomic E-state index is 12.9. The Morgan fingerprint density at radius 3 is 2.68 bits per heavy atom. The van der Waals surface area contributed by atoms with Crippen LogP contribution in [0.15, 0.2) is 54.7 Å². The molecule has 11 nitrogen and oxygen atoms in total. The van der Waals surface area contributed by atoms with Gasteiger partial charge in [0.2, 0.25) is 11.8 Å². The molecule has 0 radical (unpaired) electrons. The summed E-state index contributed by atoms with van der Waals surface area (Å²) < 4.78 is 33.2. The van der Waals surface area contributed by atoms with Crippen LogP contribution in [0.25, 0.3) is 5.69 Å². The van der Waals surface area contributed by atoms with Crippen LogP contribution >= 0.6 is 0 Å². The topological polar surface area (TPSA) is 114 Å². The number of aromatic nitrogens is 6. The second-order valence-corrected chi connectivity index (χ2v) is 8.96. The zero-order chi connectivity index (χ0) is 26.2. The molecule has 6 rings (SSSR count). The molecule has 1 N–H and O–H groups in total. The number of fused-ring (bicyclic) bond motifs is 3. The third-order valence-electron chi connectivity index (χ3n) is 6.65. The Hall–Kier alpha value is -4.68. The number of nitrogens with zero attached hydrogens (tertiary/aromatic N) is 8. The number of halogens is 2. The van der Waals surface area contributed by atoms with Gasteiger partial charge in [0.05, 0.1) is 17.1 Å². The van der Waals surface area contributed by atoms with Crippen LogP contribution < -0.4 is 19.9 Å². The molecule has 4 aromatic rings. The molecule has 13 heteroatoms. The number of alkyl halides is 2. The monoisotopic (exact) mass is 519 g/mol. The predicted molar refractivity (Wildman–Crippen MR) is 134 cm³/mol. The maximum absolute atomic E-state index is 12.9. The summed E-state index contributed by atoms with van der Waals surface area (Å²) in [5, 5.41) is 19.7. The number of piperazine rings is 1. The normalized spacial score (nSPS) is 16.7. The van der Waals surface area contributed by atoms with Gasteiger partial charge in [0.1, 0.15) is 18.3 Å². The number of hydrogen-bond donors (Lipinski definition) is 1. The molecule has 0 saturated carbocycles. The van der Waals surface area contributed by atoms with Gasteiger partial charge < -0.3 is 19.9 Å². The zero-order valence-corrected chi connectivity index (χ0v) is 20.3. The Balaban J connectivity index is 1.12. The number of anilines is 3. The lowest BCUT2D eigenvalue weighted by Gasteiger charge is -2.44. The molecule has 2 aliphatic rings. The number of amides is 1. The lowest BCUT2D eigenvalue weighted by molar-refractivity contribution is -0.117. The van der Waals surface area contributed by atoms with Crippen molar-refractivity contribution < 1.29 is 18.3 Å². The Bertz CT molecular complexity index is 1460. The van der Waals surface area contributed by atoms with Crippen LogP contribution in [-0.2, 0) is 11.4 Å². The van der Waals surface area contributed by atoms with E-state index >= 15 is 0 Å². The minimum absolute atomic E-state index is 0.0641. The average Bonchev–Trinajstić information content (AvgIpc) is 3.32. The third-order valence-corrected chi connectivity index (χ3v) is 6.65. The summed E-state index contributed by atoms with van der Waals surface area (Å²) in [6, 6.07) is 12.6. The molecule has 1 saturated heterocycles. The van der Waals surface area contributed by atoms with Gasteiger partial charge in [0, 0.05) is 37.5 Å². The van der Waals surface area contributed by atoms with E-state index in [1.54, 1.807) is 48.1 Å². The first-order valence-electron chi connectivity index (χ1n) is 12.0. The van der Waals surface area contributed by atoms with Crippen LogP contribution in [0.3, 0.4) is 0 Å². The summed E-state index contributed by atoms with van der Waals surface area (Å²) in [4.78, 5) is 21.2. The lowest BCUT2D eigenvalue weighted by atomic mass is 10.1. The molecule has 3 aromatic heterocycles. The van der Waals surface area contributed by atoms with Crippen molar-refractivity contribution >= 4 is 23.2 Å². The smallest absolute Gasteiger partial charge is 0.263 e. The van der Waals surface area contributed by atoms with Crippen molar-refractivity contribution in [2.75, 3.05) is 34.8 Å². The van der Waals surface area contributed by atoms with Crippen molar-refractivity contribution in [3.8, 4) is 11.6 Å². The summed E-state index contributed by atoms with van der Waals surface area (Å²) in [5.74, 6) is 1.65. The van der Waals surface area contributed by atoms with Gasteiger partial charge in [-0.2, -0.15) is 0 Å². The SMILES string of the molecule is Cc1nnn(-c2ccc(C(F)F)cc2)c1COc1ccc(N2CCN3c4ncccc4NC(=O)[C@@H]3C2)nn1. The molecule has 0 spiro atoms. The number of carbonyl (C=O) groups is 1. The van der Waals surface area contributed by atoms with E-state index in [0.717, 1.165) is 11.5 Å². The first kappa shape index (κ1) is 23.7. The number of benzene rings is 1. The number of nitrogens with one attached hydrogen (secondary N) is 1. The molecule has 1 atom stereocenters. The molecule has 0 bridgehead atoms. The molecular weight excluding hydrogens is 496 g/mol. The Morgan fingerprint density at radius 2 is 1.92 bits per heavy atom. The van der Waals surface area contributed by atoms with E-state index in [1.165, 1.54) is 12.1 Å². The first-order chi connectivity index (χ1) is 18.5. The molecule has 1 aromatic carbocycles. The van der Waals surface area contributed by atoms with Gasteiger partial charge in [0.15, 0.2) is 11.6 Å². The molecule has 0 aliphatic carbocycles. The largest absolute Gasteiger partial charge is 0.470 e. The number of hydrogen-bond acceptors (Lipinski definition) is 9. The fourth-order valence-electron chi connectivity index (χ4n) is 4.62. The Kier molecular flexibility index (Phi) is 6.02. The first-order valence-corrected chi connectivity index (χ1v) is 12.0. The van der Waals surface area contributed by atoms with Gasteiger partial charge in [-0.3, -0.25) is 4.79 Å². The van der Waals surface area contributed by atoms with Gasteiger partial charge in [-0.05, 0) is 37.3 Å². The van der Waals surface area contributed by atoms with Gasteiger partial charge in [-0.15, -0.1) is 15.3 Å². The van der Waals surface area contributed by atoms with Crippen LogP contribution in [0.1, 0.15) is 23.4 Å². The molecule has 1 amide bonds. The number of ether oxygens (including phenoxy) is 1. The van der Waals surface area contributed by atoms with Crippen LogP contribution in [0, 0.1) is 6.92 Å². The van der Waals surface area contributed by atoms with Gasteiger partial charge in [-0.25, -0.2) is 18.4 Å². The number of carbonyl (C=O) groups excluding carboxylic acids is 1. The van der Waals surface area contributed by atoms with E-state index in [9.17, 15) is 13.6 Å². The fraction of sp³-hybridized carbons (Fsp3) is 0.280. The Morgan fingerprint density at radius 1 is 1.08 bits per heavy atom. The van der Waals surface area contributed by atoms with E-state index in [0.29, 0.717) is 48.4 Å². The average molecular weight is 520 g/mol. The summed E-state index contributed by atoms with van der Waals surface area (Å²) >= 11 is 0. The molecule has 38 heavy (non-hydrogen) atoms. The van der Waals surface area contributed by atoms with Crippen molar-refractivity contribution in [2.24, 2.45) is 0 Å². The lowest BCUT2D eigenvalue weighted by Crippen LogP contribution is -2.60. The van der Waals surface area contributed by atoms with Crippen LogP contribution in [-0.4, -0.2) is 61.8 Å². The minimum atomic E-state index is -2.54. The van der Waals surface area contributed by atoms with Gasteiger partial charge >= 0.3 is 0 Å². The molecule has 1 fully saturated rings. The maximum Gasteiger partial charge on any atom is 0.263 e. The summed E-state index contributed by atoms with van der Waals surface area (Å²) in [6.07, 6.45) is -0.819. The summed E-state index contributed by atoms with van der Waals surface area (Å²) in [7, 11) is 0. The van der Waals surface area contributed by atoms with E-state index in [-0.39, 0.29) is 24.1 Å². The van der Waals surface area contributed by atoms with Crippen molar-refractivity contribution in [1.82, 2.24) is 30.2 Å². The second kappa shape index (κ2) is 9.65. The number of aryl methyl sites for hydroxylation is 1. The standard InChI is InChI=1S/C25H23F2N9O2/c1-15-20(36(33-30-15)17-6-4-16(5-7-17)23(26)27)14-38-22-9-8-21(31-32-22)34-11-12-35-19(13-34)25(37)29-18-3-2-10-28-24(18)35/h2-10,19,23H,11-14H2,1H3,(H,29,37)/t19-/m0/s1. The number of pyridine rings is 1. The van der Waals surface area contributed by atoms with Crippen molar-refractivity contribution in [3.05, 3.63) is 71.7 Å². The highest BCUT2D eigenvalue weighted by Crippen LogP contribution is 2.32. The number of rotatable bonds is 6. The minimum Gasteiger partial charge on any atom is -0.470 e. The zero-order valence-electron chi connectivity index (χ0n) is 20.3. The third kappa shape index (κ3) is 4.35. The van der Waals surface area contributed by atoms with E-state index in [2.05, 4.69) is 30.8 Å². The molecule has 194 valence electrons. The highest BCUT2D eigenvalue weighted by Gasteiger charge is 2.38. The molecule has 0 unspecified atom stereocenters. The van der Waals surface area contributed by atoms with E-state index < -0.39 is 6.43 Å². The van der Waals surface area contributed by atoms with Crippen LogP contribution in [0.4, 0.5) is 26.1 Å². The fourth-order valence-corrected chi connectivity index (χ4v) is 4.62. The highest BCUT2D eigenvalue weighted by molar-refractivity contribution is 6.03. The Labute approximate surface area is 216 Å². The summed E-state index contributed by atoms with van der Waals surface area (Å²) in [6.45, 7) is 3.63. The van der Waals surface area contributed by atoms with Crippen molar-refractivity contribution in [3.63, 3.8) is 0 Å². The van der Waals surface area contributed by atoms with Gasteiger partial charge in [0.25, 0.3) is 6.43 Å². The van der Waals surface area contributed by atoms with E-state index in [1.807, 2.05) is 15.9 Å². The summed E-state index contributed by atoms with van der Waals surface area (Å²) in [5.41, 5.74) is 2.56. The molecular formula is C25H23F2N9O2. The van der Waals surface area contributed by atoms with Crippen LogP contribution in [0.2, 0.25) is 0 Å².